The van der Waals surface area contributed by atoms with Crippen LogP contribution in [0.4, 0.5) is 0 Å². The fraction of sp³-hybridized carbons (Fsp3) is 0.417. The van der Waals surface area contributed by atoms with Crippen molar-refractivity contribution in [1.82, 2.24) is 0 Å². The van der Waals surface area contributed by atoms with E-state index in [1.807, 2.05) is 24.3 Å². The Morgan fingerprint density at radius 3 is 0.865 bits per heavy atom. The Kier molecular flexibility index (Phi) is 20.3. The topological polar surface area (TPSA) is 18.5 Å². The fourth-order valence-electron chi connectivity index (χ4n) is 12.4. The Hall–Kier alpha value is -5.86. The van der Waals surface area contributed by atoms with E-state index >= 15 is 0 Å². The van der Waals surface area contributed by atoms with E-state index in [9.17, 15) is 0 Å². The zero-order chi connectivity index (χ0) is 51.7. The SMILES string of the molecule is CC1Cc2ccccc2C1.C[C@@H]1CCCc2ccccc21.C[C@@H]1CCOc2ccccc21.C[C@@H]1CCc2ccccc21.C[C@H]1CCCc2ccccc21.C[C@H]1CCOc2ccccc21.C[C@H]1CCc2ccccc21. The molecule has 14 rings (SSSR count). The van der Waals surface area contributed by atoms with E-state index in [0.717, 1.165) is 67.1 Å². The maximum Gasteiger partial charge on any atom is 0.122 e. The van der Waals surface area contributed by atoms with Gasteiger partial charge in [-0.3, -0.25) is 0 Å². The molecule has 388 valence electrons. The molecule has 0 aromatic heterocycles. The molecule has 0 spiro atoms. The largest absolute Gasteiger partial charge is 0.493 e. The number of hydrogen-bond donors (Lipinski definition) is 0. The first kappa shape index (κ1) is 54.4. The number of fused-ring (bicyclic) bond motifs is 7. The van der Waals surface area contributed by atoms with Crippen molar-refractivity contribution in [3.05, 3.63) is 237 Å². The molecule has 2 heterocycles. The Morgan fingerprint density at radius 1 is 0.270 bits per heavy atom. The van der Waals surface area contributed by atoms with Gasteiger partial charge in [-0.2, -0.15) is 0 Å². The van der Waals surface area contributed by atoms with Crippen LogP contribution in [0.5, 0.6) is 11.5 Å². The Bertz CT molecular complexity index is 2500. The first-order chi connectivity index (χ1) is 36.1. The minimum absolute atomic E-state index is 0.667. The molecule has 0 unspecified atom stereocenters. The number of hydrogen-bond acceptors (Lipinski definition) is 2. The molecule has 0 radical (unpaired) electrons. The smallest absolute Gasteiger partial charge is 0.122 e. The second kappa shape index (κ2) is 27.6. The van der Waals surface area contributed by atoms with Gasteiger partial charge in [0, 0.05) is 0 Å². The fourth-order valence-corrected chi connectivity index (χ4v) is 12.4. The van der Waals surface area contributed by atoms with Crippen molar-refractivity contribution < 1.29 is 9.47 Å². The van der Waals surface area contributed by atoms with Crippen LogP contribution in [0.2, 0.25) is 0 Å². The highest BCUT2D eigenvalue weighted by molar-refractivity contribution is 5.39. The minimum Gasteiger partial charge on any atom is -0.493 e. The van der Waals surface area contributed by atoms with Gasteiger partial charge in [-0.1, -0.05) is 206 Å². The van der Waals surface area contributed by atoms with Crippen molar-refractivity contribution in [3.63, 3.8) is 0 Å². The van der Waals surface area contributed by atoms with Crippen molar-refractivity contribution in [2.24, 2.45) is 5.92 Å². The number of aryl methyl sites for hydroxylation is 4. The Morgan fingerprint density at radius 2 is 0.541 bits per heavy atom. The van der Waals surface area contributed by atoms with Crippen LogP contribution in [-0.2, 0) is 38.5 Å². The molecular formula is C72H88O2. The van der Waals surface area contributed by atoms with Crippen LogP contribution in [0.3, 0.4) is 0 Å². The lowest BCUT2D eigenvalue weighted by Crippen LogP contribution is -2.11. The van der Waals surface area contributed by atoms with E-state index in [1.54, 1.807) is 55.6 Å². The summed E-state index contributed by atoms with van der Waals surface area (Å²) >= 11 is 0. The van der Waals surface area contributed by atoms with Crippen LogP contribution in [0.1, 0.15) is 202 Å². The normalized spacial score (nSPS) is 21.8. The van der Waals surface area contributed by atoms with Crippen LogP contribution >= 0.6 is 0 Å². The van der Waals surface area contributed by atoms with Crippen molar-refractivity contribution >= 4 is 0 Å². The second-order valence-corrected chi connectivity index (χ2v) is 22.7. The molecule has 5 aliphatic carbocycles. The molecule has 0 saturated heterocycles. The maximum absolute atomic E-state index is 5.49. The molecule has 2 heteroatoms. The average Bonchev–Trinajstić information content (AvgIpc) is 4.15. The lowest BCUT2D eigenvalue weighted by Gasteiger charge is -2.22. The maximum atomic E-state index is 5.49. The van der Waals surface area contributed by atoms with Gasteiger partial charge in [-0.05, 0) is 210 Å². The number of para-hydroxylation sites is 2. The lowest BCUT2D eigenvalue weighted by molar-refractivity contribution is 0.272. The first-order valence-corrected chi connectivity index (χ1v) is 28.9. The first-order valence-electron chi connectivity index (χ1n) is 28.9. The summed E-state index contributed by atoms with van der Waals surface area (Å²) in [7, 11) is 0. The minimum atomic E-state index is 0.667. The van der Waals surface area contributed by atoms with Crippen LogP contribution in [-0.4, -0.2) is 13.2 Å². The number of benzene rings is 7. The van der Waals surface area contributed by atoms with Gasteiger partial charge in [0.05, 0.1) is 13.2 Å². The van der Waals surface area contributed by atoms with Crippen molar-refractivity contribution in [2.45, 2.75) is 174 Å². The highest BCUT2D eigenvalue weighted by Crippen LogP contribution is 2.36. The summed E-state index contributed by atoms with van der Waals surface area (Å²) < 4.78 is 11.0. The predicted octanol–water partition coefficient (Wildman–Crippen LogP) is 19.3. The standard InChI is InChI=1S/2C11H14.2C10H12O.3C10H12/c2*1-9-5-4-7-10-6-2-3-8-11(9)10;2*1-8-6-7-11-10-5-3-2-4-9(8)10;1-8-6-9-4-2-3-5-10(9)7-8;2*1-8-6-7-9-4-2-3-5-10(8)9/h2*2-3,6,8-9H,4-5,7H2,1H3;2*2-5,8H,6-7H2,1H3;3*2-5,8H,6-7H2,1H3/t2*9-;2*8-;;2*8-/m1010.10/s1. The summed E-state index contributed by atoms with van der Waals surface area (Å²) in [4.78, 5) is 0. The summed E-state index contributed by atoms with van der Waals surface area (Å²) in [6, 6.07) is 60.6. The molecule has 0 bridgehead atoms. The summed E-state index contributed by atoms with van der Waals surface area (Å²) in [5, 5.41) is 0. The molecule has 0 N–H and O–H groups in total. The molecular weight excluding hydrogens is 897 g/mol. The van der Waals surface area contributed by atoms with Crippen LogP contribution in [0.15, 0.2) is 170 Å². The third-order valence-corrected chi connectivity index (χ3v) is 17.0. The Labute approximate surface area is 448 Å². The average molecular weight is 985 g/mol. The predicted molar refractivity (Wildman–Crippen MR) is 315 cm³/mol. The second-order valence-electron chi connectivity index (χ2n) is 22.7. The highest BCUT2D eigenvalue weighted by atomic mass is 16.5. The molecule has 74 heavy (non-hydrogen) atoms. The summed E-state index contributed by atoms with van der Waals surface area (Å²) in [6.07, 6.45) is 18.2. The van der Waals surface area contributed by atoms with E-state index < -0.39 is 0 Å². The Balaban J connectivity index is 0.000000115. The zero-order valence-corrected chi connectivity index (χ0v) is 46.3. The molecule has 0 fully saturated rings. The van der Waals surface area contributed by atoms with E-state index in [0.29, 0.717) is 11.8 Å². The van der Waals surface area contributed by atoms with Gasteiger partial charge in [-0.15, -0.1) is 0 Å². The van der Waals surface area contributed by atoms with Gasteiger partial charge in [0.25, 0.3) is 0 Å². The van der Waals surface area contributed by atoms with Gasteiger partial charge in [0.15, 0.2) is 0 Å². The molecule has 7 aromatic rings. The molecule has 0 amide bonds. The van der Waals surface area contributed by atoms with Crippen molar-refractivity contribution in [1.29, 1.82) is 0 Å². The summed E-state index contributed by atoms with van der Waals surface area (Å²) in [6.45, 7) is 17.9. The third kappa shape index (κ3) is 14.9. The monoisotopic (exact) mass is 985 g/mol. The van der Waals surface area contributed by atoms with E-state index in [2.05, 4.69) is 194 Å². The molecule has 2 nitrogen and oxygen atoms in total. The lowest BCUT2D eigenvalue weighted by atomic mass is 9.84. The van der Waals surface area contributed by atoms with Gasteiger partial charge >= 0.3 is 0 Å². The van der Waals surface area contributed by atoms with Gasteiger partial charge in [0.2, 0.25) is 0 Å². The van der Waals surface area contributed by atoms with Gasteiger partial charge in [-0.25, -0.2) is 0 Å². The molecule has 7 aliphatic rings. The van der Waals surface area contributed by atoms with Crippen LogP contribution in [0.25, 0.3) is 0 Å². The van der Waals surface area contributed by atoms with Crippen molar-refractivity contribution in [3.8, 4) is 11.5 Å². The van der Waals surface area contributed by atoms with Gasteiger partial charge < -0.3 is 9.47 Å². The van der Waals surface area contributed by atoms with Crippen molar-refractivity contribution in [2.75, 3.05) is 13.2 Å². The molecule has 2 aliphatic heterocycles. The van der Waals surface area contributed by atoms with E-state index in [4.69, 9.17) is 9.47 Å². The molecule has 0 saturated carbocycles. The summed E-state index contributed by atoms with van der Waals surface area (Å²) in [5.74, 6) is 7.54. The molecule has 7 aromatic carbocycles. The molecule has 6 atom stereocenters. The summed E-state index contributed by atoms with van der Waals surface area (Å²) in [5.41, 5.74) is 18.4. The number of ether oxygens (including phenoxy) is 2. The van der Waals surface area contributed by atoms with E-state index in [1.165, 1.54) is 88.2 Å². The van der Waals surface area contributed by atoms with Crippen LogP contribution < -0.4 is 9.47 Å². The third-order valence-electron chi connectivity index (χ3n) is 17.0. The highest BCUT2D eigenvalue weighted by Gasteiger charge is 2.20. The van der Waals surface area contributed by atoms with E-state index in [-0.39, 0.29) is 0 Å². The quantitative estimate of drug-likeness (QED) is 0.151. The number of rotatable bonds is 0. The zero-order valence-electron chi connectivity index (χ0n) is 46.3. The van der Waals surface area contributed by atoms with Crippen LogP contribution in [0, 0.1) is 5.92 Å². The van der Waals surface area contributed by atoms with Gasteiger partial charge in [0.1, 0.15) is 11.5 Å².